The Hall–Kier alpha value is -14.2. The number of ether oxygens (including phenoxy) is 2. The zero-order valence-electron chi connectivity index (χ0n) is 80.7. The number of amides is 3. The number of likely N-dealkylation sites (N-methyl/N-ethyl adjacent to an activating group) is 3. The molecule has 0 saturated heterocycles. The van der Waals surface area contributed by atoms with Gasteiger partial charge in [-0.3, -0.25) is 14.4 Å². The van der Waals surface area contributed by atoms with Crippen LogP contribution in [-0.2, 0) is 86.8 Å². The minimum atomic E-state index is -4.49. The first-order valence-electron chi connectivity index (χ1n) is 47.3. The van der Waals surface area contributed by atoms with Crippen LogP contribution in [0.25, 0.3) is 0 Å². The minimum absolute atomic E-state index is 0.0448. The molecule has 0 radical (unpaired) electrons. The molecular weight excluding hydrogens is 1890 g/mol. The van der Waals surface area contributed by atoms with Crippen LogP contribution in [-0.4, -0.2) is 132 Å². The molecule has 26 nitrogen and oxygen atoms in total. The van der Waals surface area contributed by atoms with Gasteiger partial charge in [-0.25, -0.2) is 57.2 Å². The van der Waals surface area contributed by atoms with E-state index in [-0.39, 0.29) is 78.6 Å². The molecule has 11 aromatic carbocycles. The first-order valence-corrected chi connectivity index (χ1v) is 51.7. The number of sulfonamides is 3. The molecule has 0 bridgehead atoms. The summed E-state index contributed by atoms with van der Waals surface area (Å²) in [5.74, 6) is -7.12. The van der Waals surface area contributed by atoms with Crippen molar-refractivity contribution in [3.63, 3.8) is 0 Å². The first-order chi connectivity index (χ1) is 68.4. The van der Waals surface area contributed by atoms with Crippen LogP contribution in [0.4, 0.5) is 46.0 Å². The highest BCUT2D eigenvalue weighted by Crippen LogP contribution is 2.39. The van der Waals surface area contributed by atoms with Crippen molar-refractivity contribution in [2.45, 2.75) is 201 Å². The number of carbonyl (C=O) groups excluding carboxylic acids is 5. The third kappa shape index (κ3) is 28.6. The second kappa shape index (κ2) is 49.9. The molecule has 11 aromatic rings. The Kier molecular flexibility index (Phi) is 37.6. The highest BCUT2D eigenvalue weighted by molar-refractivity contribution is 7.89. The monoisotopic (exact) mass is 2000 g/mol. The van der Waals surface area contributed by atoms with E-state index < -0.39 is 129 Å². The van der Waals surface area contributed by atoms with E-state index >= 15 is 4.39 Å². The van der Waals surface area contributed by atoms with Crippen LogP contribution in [0.5, 0.6) is 0 Å². The van der Waals surface area contributed by atoms with Gasteiger partial charge in [0.15, 0.2) is 11.6 Å². The summed E-state index contributed by atoms with van der Waals surface area (Å²) in [5.41, 5.74) is 8.47. The molecule has 3 saturated carbocycles. The summed E-state index contributed by atoms with van der Waals surface area (Å²) in [6.07, 6.45) is 17.9. The van der Waals surface area contributed by atoms with Crippen molar-refractivity contribution in [1.29, 1.82) is 15.8 Å². The molecule has 143 heavy (non-hydrogen) atoms. The lowest BCUT2D eigenvalue weighted by Crippen LogP contribution is -2.41. The Labute approximate surface area is 833 Å². The van der Waals surface area contributed by atoms with Crippen LogP contribution in [0, 0.1) is 57.3 Å². The van der Waals surface area contributed by atoms with Gasteiger partial charge in [0.25, 0.3) is 0 Å². The normalized spacial score (nSPS) is 13.7. The summed E-state index contributed by atoms with van der Waals surface area (Å²) in [6.45, 7) is 5.82. The van der Waals surface area contributed by atoms with E-state index in [1.54, 1.807) is 64.1 Å². The summed E-state index contributed by atoms with van der Waals surface area (Å²) in [6, 6.07) is 70.9. The van der Waals surface area contributed by atoms with Gasteiger partial charge in [-0.1, -0.05) is 191 Å². The van der Waals surface area contributed by atoms with Crippen LogP contribution >= 0.6 is 0 Å². The van der Waals surface area contributed by atoms with Gasteiger partial charge in [0.05, 0.1) is 98.7 Å². The number of nitrogens with zero attached hydrogens (tertiary/aromatic N) is 9. The largest absolute Gasteiger partial charge is 0.478 e. The van der Waals surface area contributed by atoms with Crippen molar-refractivity contribution >= 4 is 94.1 Å². The lowest BCUT2D eigenvalue weighted by Gasteiger charge is -2.27. The van der Waals surface area contributed by atoms with Gasteiger partial charge in [0.1, 0.15) is 43.1 Å². The third-order valence-corrected chi connectivity index (χ3v) is 30.7. The number of rotatable bonds is 35. The quantitative estimate of drug-likeness (QED) is 0.0245. The van der Waals surface area contributed by atoms with E-state index in [1.165, 1.54) is 146 Å². The molecule has 0 unspecified atom stereocenters. The molecule has 3 aliphatic rings. The van der Waals surface area contributed by atoms with E-state index in [4.69, 9.17) is 14.7 Å². The Bertz CT molecular complexity index is 6820. The lowest BCUT2D eigenvalue weighted by atomic mass is 9.84. The van der Waals surface area contributed by atoms with E-state index in [2.05, 4.69) is 47.0 Å². The molecule has 0 spiro atoms. The van der Waals surface area contributed by atoms with Gasteiger partial charge in [0, 0.05) is 50.3 Å². The molecule has 0 aliphatic heterocycles. The van der Waals surface area contributed by atoms with Crippen LogP contribution in [0.15, 0.2) is 257 Å². The fourth-order valence-electron chi connectivity index (χ4n) is 17.4. The van der Waals surface area contributed by atoms with Crippen molar-refractivity contribution in [2.75, 3.05) is 66.1 Å². The molecule has 0 heterocycles. The highest BCUT2D eigenvalue weighted by atomic mass is 32.2. The summed E-state index contributed by atoms with van der Waals surface area (Å²) in [7, 11) is -9.66. The fourth-order valence-corrected chi connectivity index (χ4v) is 20.9. The number of anilines is 5. The average molecular weight is 2000 g/mol. The molecular formula is C110H115F4N11O15S3. The first kappa shape index (κ1) is 108. The topological polar surface area (TPSA) is 358 Å². The van der Waals surface area contributed by atoms with E-state index in [0.717, 1.165) is 117 Å². The fraction of sp³-hybridized carbons (Fsp3) is 0.318. The van der Waals surface area contributed by atoms with E-state index in [0.29, 0.717) is 46.4 Å². The Morgan fingerprint density at radius 2 is 0.636 bits per heavy atom. The molecule has 33 heteroatoms. The standard InChI is InChI=1S/C40H43FN4O5S.C37H35F2N3O5S.C33H37FN4O5S/c1-28(2)43-39-34(24-42)22-36(23-37(39)41)51(48,49)44(3)26-38(46)45(25-29-14-16-32(17-15-29)31-12-8-5-9-13-31)35-20-18-33(19-21-35)40(47)50-27-30-10-6-4-7-11-30;1-41(48(45,46)33-20-31(22-40)36(39)34(38)21-33)24-35(43)42(23-26-12-14-29(15-13-26)28-10-6-3-7-11-28)32-18-16-30(17-19-32)37(44)47-25-27-8-4-2-5-9-27;1-22(2)36-32-27(19-35)17-29(18-30(32)34)44(42,43)37(3)21-31(39)38(28-15-13-26(14-16-28)33(40)41)20-23-9-11-25(12-10-23)24-7-5-4-6-8-24/h4,6-7,10-11,14-23,28,31,43H,5,8-9,12-13,25-27H2,1-3H3;2,4-5,8-9,12-21,28H,3,6-7,10-11,23-25H2,1H3;9-18,22,24,36H,4-8,20-21H2,1-3H3,(H,40,41). The van der Waals surface area contributed by atoms with Gasteiger partial charge in [0.2, 0.25) is 47.8 Å². The van der Waals surface area contributed by atoms with Gasteiger partial charge in [-0.2, -0.15) is 28.7 Å². The summed E-state index contributed by atoms with van der Waals surface area (Å²) >= 11 is 0. The number of hydrogen-bond donors (Lipinski definition) is 3. The van der Waals surface area contributed by atoms with Crippen molar-refractivity contribution in [2.24, 2.45) is 0 Å². The summed E-state index contributed by atoms with van der Waals surface area (Å²) in [5, 5.41) is 43.3. The SMILES string of the molecule is CC(C)Nc1c(F)cc(S(=O)(=O)N(C)CC(=O)N(Cc2ccc(C3CCCCC3)cc2)c2ccc(C(=O)O)cc2)cc1C#N.CC(C)Nc1c(F)cc(S(=O)(=O)N(C)CC(=O)N(Cc2ccc(C3CCCCC3)cc2)c2ccc(C(=O)OCc3ccccc3)cc2)cc1C#N.CN(CC(=O)N(Cc1ccc(C2CCCCC2)cc1)c1ccc(C(=O)OCc2ccccc2)cc1)S(=O)(=O)c1cc(F)c(F)c(C#N)c1. The number of nitriles is 3. The number of benzene rings is 11. The second-order valence-electron chi connectivity index (χ2n) is 36.4. The second-order valence-corrected chi connectivity index (χ2v) is 42.5. The van der Waals surface area contributed by atoms with Gasteiger partial charge >= 0.3 is 17.9 Å². The predicted molar refractivity (Wildman–Crippen MR) is 538 cm³/mol. The van der Waals surface area contributed by atoms with Crippen LogP contribution < -0.4 is 25.3 Å². The van der Waals surface area contributed by atoms with E-state index in [9.17, 15) is 82.8 Å². The number of aromatic carboxylic acids is 1. The predicted octanol–water partition coefficient (Wildman–Crippen LogP) is 21.0. The van der Waals surface area contributed by atoms with Crippen LogP contribution in [0.3, 0.4) is 0 Å². The molecule has 3 aliphatic carbocycles. The molecule has 3 fully saturated rings. The maximum Gasteiger partial charge on any atom is 0.338 e. The number of esters is 2. The molecule has 3 amide bonds. The molecule has 746 valence electrons. The molecule has 0 atom stereocenters. The number of carboxylic acids is 1. The third-order valence-electron chi connectivity index (χ3n) is 25.3. The van der Waals surface area contributed by atoms with Gasteiger partial charge in [-0.15, -0.1) is 0 Å². The van der Waals surface area contributed by atoms with Gasteiger partial charge in [-0.05, 0) is 238 Å². The number of nitrogens with one attached hydrogen (secondary N) is 2. The summed E-state index contributed by atoms with van der Waals surface area (Å²) < 4.78 is 152. The van der Waals surface area contributed by atoms with Crippen molar-refractivity contribution in [1.82, 2.24) is 12.9 Å². The smallest absolute Gasteiger partial charge is 0.338 e. The number of halogens is 4. The highest BCUT2D eigenvalue weighted by Gasteiger charge is 2.35. The molecule has 0 aromatic heterocycles. The number of carboxylic acid groups (broad SMARTS) is 1. The Morgan fingerprint density at radius 1 is 0.364 bits per heavy atom. The van der Waals surface area contributed by atoms with Gasteiger partial charge < -0.3 is 39.9 Å². The zero-order valence-corrected chi connectivity index (χ0v) is 83.1. The van der Waals surface area contributed by atoms with Crippen LogP contribution in [0.2, 0.25) is 0 Å². The Morgan fingerprint density at radius 3 is 0.909 bits per heavy atom. The van der Waals surface area contributed by atoms with Crippen LogP contribution in [0.1, 0.15) is 234 Å². The van der Waals surface area contributed by atoms with Crippen molar-refractivity contribution in [3.05, 3.63) is 344 Å². The van der Waals surface area contributed by atoms with E-state index in [1.807, 2.05) is 109 Å². The maximum absolute atomic E-state index is 15.1. The summed E-state index contributed by atoms with van der Waals surface area (Å²) in [4.78, 5) is 81.1. The average Bonchev–Trinajstić information content (AvgIpc) is 0.773. The number of hydrogen-bond acceptors (Lipinski definition) is 19. The maximum atomic E-state index is 15.1. The molecule has 14 rings (SSSR count). The zero-order chi connectivity index (χ0) is 103. The lowest BCUT2D eigenvalue weighted by molar-refractivity contribution is -0.119. The molecule has 3 N–H and O–H groups in total. The Balaban J connectivity index is 0.000000192. The van der Waals surface area contributed by atoms with Crippen molar-refractivity contribution in [3.8, 4) is 18.2 Å². The minimum Gasteiger partial charge on any atom is -0.478 e. The van der Waals surface area contributed by atoms with Crippen molar-refractivity contribution < 1.29 is 86.2 Å². The number of carbonyl (C=O) groups is 6.